The van der Waals surface area contributed by atoms with E-state index in [4.69, 9.17) is 9.84 Å². The molecule has 1 saturated carbocycles. The minimum absolute atomic E-state index is 0.00852. The Bertz CT molecular complexity index is 363. The Kier molecular flexibility index (Phi) is 2.38. The largest absolute Gasteiger partial charge is 0.497 e. The Labute approximate surface area is 86.5 Å². The molecule has 1 aromatic carbocycles. The summed E-state index contributed by atoms with van der Waals surface area (Å²) in [6.45, 7) is -0.215. The molecule has 2 rings (SSSR count). The average Bonchev–Trinajstić information content (AvgIpc) is 2.97. The minimum Gasteiger partial charge on any atom is -0.497 e. The lowest BCUT2D eigenvalue weighted by Gasteiger charge is -2.15. The van der Waals surface area contributed by atoms with Crippen molar-refractivity contribution in [2.24, 2.45) is 0 Å². The van der Waals surface area contributed by atoms with Crippen molar-refractivity contribution >= 4 is 0 Å². The van der Waals surface area contributed by atoms with Gasteiger partial charge in [0.05, 0.1) is 13.7 Å². The topological polar surface area (TPSA) is 29.5 Å². The van der Waals surface area contributed by atoms with Gasteiger partial charge in [0, 0.05) is 23.1 Å². The van der Waals surface area contributed by atoms with E-state index < -0.39 is 17.0 Å². The molecule has 0 aromatic heterocycles. The summed E-state index contributed by atoms with van der Waals surface area (Å²) in [4.78, 5) is 0. The van der Waals surface area contributed by atoms with Gasteiger partial charge >= 0.3 is 0 Å². The first-order valence-electron chi connectivity index (χ1n) is 4.77. The molecule has 82 valence electrons. The lowest BCUT2D eigenvalue weighted by molar-refractivity contribution is 0.248. The highest BCUT2D eigenvalue weighted by atomic mass is 19.1. The van der Waals surface area contributed by atoms with Crippen LogP contribution in [0.4, 0.5) is 8.78 Å². The molecule has 15 heavy (non-hydrogen) atoms. The van der Waals surface area contributed by atoms with Crippen LogP contribution in [0.15, 0.2) is 12.1 Å². The normalized spacial score (nSPS) is 17.6. The third-order valence-corrected chi connectivity index (χ3v) is 2.94. The summed E-state index contributed by atoms with van der Waals surface area (Å²) < 4.78 is 31.9. The maximum atomic E-state index is 13.6. The summed E-state index contributed by atoms with van der Waals surface area (Å²) in [5, 5.41) is 9.12. The van der Waals surface area contributed by atoms with Gasteiger partial charge in [-0.1, -0.05) is 0 Å². The number of methoxy groups -OCH3 is 1. The summed E-state index contributed by atoms with van der Waals surface area (Å²) in [7, 11) is 1.35. The molecule has 0 radical (unpaired) electrons. The third kappa shape index (κ3) is 1.59. The molecule has 0 aliphatic heterocycles. The summed E-state index contributed by atoms with van der Waals surface area (Å²) in [6.07, 6.45) is 1.26. The molecular weight excluding hydrogens is 202 g/mol. The predicted molar refractivity (Wildman–Crippen MR) is 50.9 cm³/mol. The van der Waals surface area contributed by atoms with Gasteiger partial charge in [0.1, 0.15) is 17.4 Å². The molecule has 0 spiro atoms. The van der Waals surface area contributed by atoms with Crippen molar-refractivity contribution < 1.29 is 18.6 Å². The van der Waals surface area contributed by atoms with Crippen molar-refractivity contribution in [2.75, 3.05) is 13.7 Å². The lowest BCUT2D eigenvalue weighted by Crippen LogP contribution is -2.16. The zero-order valence-electron chi connectivity index (χ0n) is 8.39. The van der Waals surface area contributed by atoms with E-state index in [-0.39, 0.29) is 17.9 Å². The Morgan fingerprint density at radius 3 is 2.20 bits per heavy atom. The van der Waals surface area contributed by atoms with Gasteiger partial charge in [0.25, 0.3) is 0 Å². The van der Waals surface area contributed by atoms with Crippen molar-refractivity contribution in [1.29, 1.82) is 0 Å². The number of rotatable bonds is 3. The predicted octanol–water partition coefficient (Wildman–Crippen LogP) is 2.00. The highest BCUT2D eigenvalue weighted by molar-refractivity contribution is 5.39. The van der Waals surface area contributed by atoms with Crippen LogP contribution in [0.1, 0.15) is 18.4 Å². The Balaban J connectivity index is 2.48. The van der Waals surface area contributed by atoms with E-state index in [1.54, 1.807) is 0 Å². The summed E-state index contributed by atoms with van der Waals surface area (Å²) in [5.74, 6) is -1.13. The summed E-state index contributed by atoms with van der Waals surface area (Å²) in [5.41, 5.74) is -0.703. The number of benzene rings is 1. The van der Waals surface area contributed by atoms with Crippen LogP contribution < -0.4 is 4.74 Å². The van der Waals surface area contributed by atoms with E-state index in [1.807, 2.05) is 0 Å². The molecule has 0 unspecified atom stereocenters. The molecule has 1 aliphatic carbocycles. The van der Waals surface area contributed by atoms with Gasteiger partial charge in [0.15, 0.2) is 0 Å². The maximum Gasteiger partial charge on any atom is 0.133 e. The fourth-order valence-corrected chi connectivity index (χ4v) is 1.81. The van der Waals surface area contributed by atoms with Crippen molar-refractivity contribution in [1.82, 2.24) is 0 Å². The Morgan fingerprint density at radius 1 is 1.33 bits per heavy atom. The van der Waals surface area contributed by atoms with Gasteiger partial charge in [-0.2, -0.15) is 0 Å². The van der Waals surface area contributed by atoms with Crippen molar-refractivity contribution in [3.63, 3.8) is 0 Å². The Morgan fingerprint density at radius 2 is 1.87 bits per heavy atom. The lowest BCUT2D eigenvalue weighted by atomic mass is 9.95. The first-order chi connectivity index (χ1) is 7.13. The van der Waals surface area contributed by atoms with Crippen molar-refractivity contribution in [3.8, 4) is 5.75 Å². The van der Waals surface area contributed by atoms with Gasteiger partial charge in [-0.05, 0) is 12.8 Å². The van der Waals surface area contributed by atoms with Crippen LogP contribution in [0.25, 0.3) is 0 Å². The fourth-order valence-electron chi connectivity index (χ4n) is 1.81. The monoisotopic (exact) mass is 214 g/mol. The molecule has 1 aromatic rings. The minimum atomic E-state index is -0.694. The molecule has 2 nitrogen and oxygen atoms in total. The molecule has 1 fully saturated rings. The van der Waals surface area contributed by atoms with Gasteiger partial charge in [-0.25, -0.2) is 8.78 Å². The second-order valence-electron chi connectivity index (χ2n) is 3.90. The molecule has 4 heteroatoms. The molecule has 1 aliphatic rings. The van der Waals surface area contributed by atoms with E-state index in [9.17, 15) is 8.78 Å². The quantitative estimate of drug-likeness (QED) is 0.833. The maximum absolute atomic E-state index is 13.6. The summed E-state index contributed by atoms with van der Waals surface area (Å²) >= 11 is 0. The first-order valence-corrected chi connectivity index (χ1v) is 4.77. The zero-order valence-corrected chi connectivity index (χ0v) is 8.39. The van der Waals surface area contributed by atoms with Crippen LogP contribution in [0, 0.1) is 11.6 Å². The van der Waals surface area contributed by atoms with Gasteiger partial charge in [-0.15, -0.1) is 0 Å². The van der Waals surface area contributed by atoms with Crippen molar-refractivity contribution in [3.05, 3.63) is 29.3 Å². The van der Waals surface area contributed by atoms with Gasteiger partial charge in [-0.3, -0.25) is 0 Å². The average molecular weight is 214 g/mol. The highest BCUT2D eigenvalue weighted by Crippen LogP contribution is 2.49. The standard InChI is InChI=1S/C11H12F2O2/c1-15-7-4-8(12)10(9(13)5-7)11(6-14)2-3-11/h4-5,14H,2-3,6H2,1H3. The number of hydrogen-bond donors (Lipinski definition) is 1. The van der Waals surface area contributed by atoms with Crippen LogP contribution in [-0.2, 0) is 5.41 Å². The number of aliphatic hydroxyl groups is 1. The van der Waals surface area contributed by atoms with E-state index in [0.717, 1.165) is 12.1 Å². The summed E-state index contributed by atoms with van der Waals surface area (Å²) in [6, 6.07) is 2.29. The van der Waals surface area contributed by atoms with Crippen LogP contribution in [0.2, 0.25) is 0 Å². The number of aliphatic hydroxyl groups excluding tert-OH is 1. The number of hydrogen-bond acceptors (Lipinski definition) is 2. The molecule has 0 saturated heterocycles. The first kappa shape index (κ1) is 10.4. The van der Waals surface area contributed by atoms with Crippen LogP contribution >= 0.6 is 0 Å². The van der Waals surface area contributed by atoms with E-state index in [0.29, 0.717) is 12.8 Å². The third-order valence-electron chi connectivity index (χ3n) is 2.94. The van der Waals surface area contributed by atoms with E-state index in [2.05, 4.69) is 0 Å². The van der Waals surface area contributed by atoms with E-state index >= 15 is 0 Å². The number of halogens is 2. The Hall–Kier alpha value is -1.16. The highest BCUT2D eigenvalue weighted by Gasteiger charge is 2.47. The van der Waals surface area contributed by atoms with Crippen LogP contribution in [-0.4, -0.2) is 18.8 Å². The van der Waals surface area contributed by atoms with E-state index in [1.165, 1.54) is 7.11 Å². The van der Waals surface area contributed by atoms with Crippen LogP contribution in [0.5, 0.6) is 5.75 Å². The van der Waals surface area contributed by atoms with Gasteiger partial charge in [0.2, 0.25) is 0 Å². The molecule has 0 heterocycles. The SMILES string of the molecule is COc1cc(F)c(C2(CO)CC2)c(F)c1. The molecule has 0 bridgehead atoms. The van der Waals surface area contributed by atoms with Crippen molar-refractivity contribution in [2.45, 2.75) is 18.3 Å². The zero-order chi connectivity index (χ0) is 11.1. The molecule has 1 N–H and O–H groups in total. The number of ether oxygens (including phenoxy) is 1. The smallest absolute Gasteiger partial charge is 0.133 e. The fraction of sp³-hybridized carbons (Fsp3) is 0.455. The van der Waals surface area contributed by atoms with Gasteiger partial charge < -0.3 is 9.84 Å². The molecule has 0 amide bonds. The van der Waals surface area contributed by atoms with Crippen LogP contribution in [0.3, 0.4) is 0 Å². The second kappa shape index (κ2) is 3.45. The molecule has 0 atom stereocenters. The molecular formula is C11H12F2O2. The second-order valence-corrected chi connectivity index (χ2v) is 3.90.